The van der Waals surface area contributed by atoms with Crippen molar-refractivity contribution in [2.75, 3.05) is 25.0 Å². The fraction of sp³-hybridized carbons (Fsp3) is 0.692. The number of aliphatic hydroxyl groups excluding tert-OH is 1. The van der Waals surface area contributed by atoms with E-state index in [2.05, 4.69) is 10.4 Å². The molecule has 0 amide bonds. The van der Waals surface area contributed by atoms with Gasteiger partial charge in [-0.05, 0) is 19.8 Å². The van der Waals surface area contributed by atoms with Gasteiger partial charge in [-0.25, -0.2) is 4.68 Å². The van der Waals surface area contributed by atoms with Gasteiger partial charge in [-0.2, -0.15) is 5.10 Å². The molecule has 1 saturated carbocycles. The Balaban J connectivity index is 1.93. The molecule has 6 nitrogen and oxygen atoms in total. The Morgan fingerprint density at radius 3 is 2.95 bits per heavy atom. The molecule has 1 aliphatic carbocycles. The maximum Gasteiger partial charge on any atom is 0.268 e. The molecule has 0 aromatic carbocycles. The van der Waals surface area contributed by atoms with Crippen LogP contribution in [0, 0.1) is 0 Å². The van der Waals surface area contributed by atoms with Gasteiger partial charge < -0.3 is 15.3 Å². The van der Waals surface area contributed by atoms with Gasteiger partial charge in [0.1, 0.15) is 0 Å². The number of nitrogens with one attached hydrogen (secondary N) is 1. The largest absolute Gasteiger partial charge is 0.390 e. The average Bonchev–Trinajstić information content (AvgIpc) is 3.22. The highest BCUT2D eigenvalue weighted by Gasteiger charge is 2.21. The number of hydrogen-bond acceptors (Lipinski definition) is 5. The summed E-state index contributed by atoms with van der Waals surface area (Å²) in [5.74, 6) is 0. The number of anilines is 1. The third-order valence-electron chi connectivity index (χ3n) is 3.37. The predicted molar refractivity (Wildman–Crippen MR) is 74.5 cm³/mol. The molecule has 0 aliphatic heterocycles. The van der Waals surface area contributed by atoms with Gasteiger partial charge in [-0.15, -0.1) is 0 Å². The summed E-state index contributed by atoms with van der Waals surface area (Å²) in [4.78, 5) is 13.8. The van der Waals surface area contributed by atoms with E-state index in [4.69, 9.17) is 0 Å². The zero-order valence-electron chi connectivity index (χ0n) is 11.5. The zero-order chi connectivity index (χ0) is 13.8. The lowest BCUT2D eigenvalue weighted by molar-refractivity contribution is 0.144. The highest BCUT2D eigenvalue weighted by molar-refractivity contribution is 5.41. The summed E-state index contributed by atoms with van der Waals surface area (Å²) in [5.41, 5.74) is 0.623. The van der Waals surface area contributed by atoms with E-state index in [0.29, 0.717) is 12.6 Å². The van der Waals surface area contributed by atoms with Gasteiger partial charge >= 0.3 is 0 Å². The van der Waals surface area contributed by atoms with E-state index < -0.39 is 6.10 Å². The molecule has 2 rings (SSSR count). The Kier molecular flexibility index (Phi) is 4.55. The second-order valence-corrected chi connectivity index (χ2v) is 5.08. The lowest BCUT2D eigenvalue weighted by atomic mass is 10.3. The summed E-state index contributed by atoms with van der Waals surface area (Å²) < 4.78 is 1.31. The molecule has 1 aromatic heterocycles. The quantitative estimate of drug-likeness (QED) is 0.716. The van der Waals surface area contributed by atoms with Crippen LogP contribution in [0.5, 0.6) is 0 Å². The van der Waals surface area contributed by atoms with Crippen molar-refractivity contribution in [1.82, 2.24) is 15.1 Å². The first-order chi connectivity index (χ1) is 9.10. The smallest absolute Gasteiger partial charge is 0.268 e. The van der Waals surface area contributed by atoms with Crippen LogP contribution in [0.3, 0.4) is 0 Å². The Bertz CT molecular complexity index is 470. The molecule has 1 heterocycles. The third kappa shape index (κ3) is 4.04. The number of rotatable bonds is 7. The van der Waals surface area contributed by atoms with Gasteiger partial charge in [0, 0.05) is 32.2 Å². The maximum atomic E-state index is 11.9. The summed E-state index contributed by atoms with van der Waals surface area (Å²) in [6.45, 7) is 3.57. The van der Waals surface area contributed by atoms with Gasteiger partial charge in [0.15, 0.2) is 0 Å². The van der Waals surface area contributed by atoms with Crippen molar-refractivity contribution in [3.63, 3.8) is 0 Å². The summed E-state index contributed by atoms with van der Waals surface area (Å²) in [5, 5.41) is 17.2. The molecule has 1 aromatic rings. The molecule has 2 N–H and O–H groups in total. The van der Waals surface area contributed by atoms with Crippen molar-refractivity contribution < 1.29 is 5.11 Å². The minimum atomic E-state index is -0.583. The molecule has 1 fully saturated rings. The Morgan fingerprint density at radius 1 is 1.63 bits per heavy atom. The van der Waals surface area contributed by atoms with Crippen molar-refractivity contribution >= 4 is 5.69 Å². The molecule has 0 spiro atoms. The van der Waals surface area contributed by atoms with Crippen LogP contribution in [0.4, 0.5) is 5.69 Å². The molecule has 1 unspecified atom stereocenters. The second kappa shape index (κ2) is 6.16. The zero-order valence-corrected chi connectivity index (χ0v) is 11.5. The lowest BCUT2D eigenvalue weighted by Crippen LogP contribution is -2.36. The minimum Gasteiger partial charge on any atom is -0.390 e. The van der Waals surface area contributed by atoms with E-state index in [-0.39, 0.29) is 12.1 Å². The normalized spacial score (nSPS) is 16.4. The van der Waals surface area contributed by atoms with Crippen LogP contribution in [-0.4, -0.2) is 47.2 Å². The molecule has 106 valence electrons. The summed E-state index contributed by atoms with van der Waals surface area (Å²) in [6, 6.07) is 2.11. The van der Waals surface area contributed by atoms with Gasteiger partial charge in [0.05, 0.1) is 24.5 Å². The monoisotopic (exact) mass is 266 g/mol. The molecule has 1 atom stereocenters. The van der Waals surface area contributed by atoms with Crippen molar-refractivity contribution in [3.05, 3.63) is 22.6 Å². The van der Waals surface area contributed by atoms with Crippen molar-refractivity contribution in [2.24, 2.45) is 0 Å². The van der Waals surface area contributed by atoms with Gasteiger partial charge in [0.2, 0.25) is 0 Å². The van der Waals surface area contributed by atoms with E-state index in [9.17, 15) is 9.90 Å². The Morgan fingerprint density at radius 2 is 2.37 bits per heavy atom. The topological polar surface area (TPSA) is 70.4 Å². The molecule has 1 aliphatic rings. The summed E-state index contributed by atoms with van der Waals surface area (Å²) in [7, 11) is 1.91. The van der Waals surface area contributed by atoms with Crippen LogP contribution >= 0.6 is 0 Å². The number of aromatic nitrogens is 2. The van der Waals surface area contributed by atoms with Crippen molar-refractivity contribution in [2.45, 2.75) is 38.5 Å². The highest BCUT2D eigenvalue weighted by atomic mass is 16.3. The van der Waals surface area contributed by atoms with E-state index in [1.807, 2.05) is 18.9 Å². The fourth-order valence-electron chi connectivity index (χ4n) is 1.81. The van der Waals surface area contributed by atoms with Crippen molar-refractivity contribution in [3.8, 4) is 0 Å². The molecule has 0 bridgehead atoms. The second-order valence-electron chi connectivity index (χ2n) is 5.08. The van der Waals surface area contributed by atoms with Crippen LogP contribution < -0.4 is 15.8 Å². The first kappa shape index (κ1) is 14.0. The molecule has 6 heteroatoms. The SMILES string of the molecule is CCN(C)c1cnn(CC(O)CNC2CC2)c(=O)c1. The molecule has 0 saturated heterocycles. The number of nitrogens with zero attached hydrogens (tertiary/aromatic N) is 3. The van der Waals surface area contributed by atoms with Crippen LogP contribution in [0.15, 0.2) is 17.1 Å². The third-order valence-corrected chi connectivity index (χ3v) is 3.37. The lowest BCUT2D eigenvalue weighted by Gasteiger charge is -2.17. The highest BCUT2D eigenvalue weighted by Crippen LogP contribution is 2.18. The van der Waals surface area contributed by atoms with Crippen molar-refractivity contribution in [1.29, 1.82) is 0 Å². The van der Waals surface area contributed by atoms with Crippen LogP contribution in [-0.2, 0) is 6.54 Å². The average molecular weight is 266 g/mol. The minimum absolute atomic E-state index is 0.178. The van der Waals surface area contributed by atoms with Crippen LogP contribution in [0.1, 0.15) is 19.8 Å². The molecule has 19 heavy (non-hydrogen) atoms. The van der Waals surface area contributed by atoms with Crippen LogP contribution in [0.2, 0.25) is 0 Å². The van der Waals surface area contributed by atoms with E-state index in [0.717, 1.165) is 12.2 Å². The first-order valence-electron chi connectivity index (χ1n) is 6.80. The molecular weight excluding hydrogens is 244 g/mol. The number of hydrogen-bond donors (Lipinski definition) is 2. The fourth-order valence-corrected chi connectivity index (χ4v) is 1.81. The van der Waals surface area contributed by atoms with Crippen LogP contribution in [0.25, 0.3) is 0 Å². The first-order valence-corrected chi connectivity index (χ1v) is 6.80. The molecule has 0 radical (unpaired) electrons. The predicted octanol–water partition coefficient (Wildman–Crippen LogP) is -0.188. The maximum absolute atomic E-state index is 11.9. The van der Waals surface area contributed by atoms with E-state index >= 15 is 0 Å². The summed E-state index contributed by atoms with van der Waals surface area (Å²) in [6.07, 6.45) is 3.44. The summed E-state index contributed by atoms with van der Waals surface area (Å²) >= 11 is 0. The van der Waals surface area contributed by atoms with Gasteiger partial charge in [0.25, 0.3) is 5.56 Å². The van der Waals surface area contributed by atoms with Gasteiger partial charge in [-0.3, -0.25) is 4.79 Å². The Hall–Kier alpha value is -1.40. The van der Waals surface area contributed by atoms with E-state index in [1.165, 1.54) is 17.5 Å². The molecular formula is C13H22N4O2. The standard InChI is InChI=1S/C13H22N4O2/c1-3-16(2)11-6-13(19)17(15-7-11)9-12(18)8-14-10-4-5-10/h6-7,10,12,14,18H,3-5,8-9H2,1-2H3. The Labute approximate surface area is 113 Å². The van der Waals surface area contributed by atoms with Gasteiger partial charge in [-0.1, -0.05) is 0 Å². The number of aliphatic hydroxyl groups is 1. The van der Waals surface area contributed by atoms with E-state index in [1.54, 1.807) is 12.3 Å².